The van der Waals surface area contributed by atoms with Crippen LogP contribution in [-0.2, 0) is 12.0 Å². The summed E-state index contributed by atoms with van der Waals surface area (Å²) in [6.45, 7) is 6.38. The van der Waals surface area contributed by atoms with E-state index in [1.54, 1.807) is 20.0 Å². The lowest BCUT2D eigenvalue weighted by Crippen LogP contribution is -2.55. The van der Waals surface area contributed by atoms with E-state index in [0.29, 0.717) is 0 Å². The van der Waals surface area contributed by atoms with Crippen LogP contribution in [0.3, 0.4) is 0 Å². The molecular weight excluding hydrogens is 412 g/mol. The number of ether oxygens (including phenoxy) is 1. The molecule has 0 aliphatic carbocycles. The summed E-state index contributed by atoms with van der Waals surface area (Å²) in [4.78, 5) is 4.65. The predicted octanol–water partition coefficient (Wildman–Crippen LogP) is 5.31. The highest BCUT2D eigenvalue weighted by Gasteiger charge is 2.57. The Morgan fingerprint density at radius 3 is 2.45 bits per heavy atom. The minimum atomic E-state index is -4.89. The average molecular weight is 440 g/mol. The number of nitrogens with zero attached hydrogens (tertiary/aromatic N) is 1. The lowest BCUT2D eigenvalue weighted by Gasteiger charge is -2.41. The minimum absolute atomic E-state index is 0.225. The largest absolute Gasteiger partial charge is 0.496 e. The zero-order valence-electron chi connectivity index (χ0n) is 18.3. The Kier molecular flexibility index (Phi) is 5.90. The normalized spacial score (nSPS) is 16.6. The fraction of sp³-hybridized carbons (Fsp3) is 0.478. The van der Waals surface area contributed by atoms with Gasteiger partial charge in [-0.15, -0.1) is 0 Å². The number of halogens is 4. The van der Waals surface area contributed by atoms with E-state index in [-0.39, 0.29) is 17.9 Å². The first kappa shape index (κ1) is 23.2. The smallest absolute Gasteiger partial charge is 0.418 e. The third kappa shape index (κ3) is 4.59. The van der Waals surface area contributed by atoms with E-state index in [2.05, 4.69) is 4.98 Å². The maximum atomic E-state index is 14.2. The van der Waals surface area contributed by atoms with Crippen LogP contribution in [0.1, 0.15) is 49.7 Å². The molecule has 0 saturated carbocycles. The Hall–Kier alpha value is -2.48. The molecule has 1 unspecified atom stereocenters. The molecule has 2 aromatic rings. The number of β-amino-alcohol motifs (C(OH)–C–C–N with tert-alkyl or cyclic N) is 1. The van der Waals surface area contributed by atoms with Crippen molar-refractivity contribution >= 4 is 5.57 Å². The Bertz CT molecular complexity index is 994. The van der Waals surface area contributed by atoms with Crippen molar-refractivity contribution in [1.82, 2.24) is 9.88 Å². The van der Waals surface area contributed by atoms with Crippen LogP contribution in [0.4, 0.5) is 17.6 Å². The molecule has 8 heteroatoms. The van der Waals surface area contributed by atoms with Crippen molar-refractivity contribution in [2.45, 2.75) is 57.9 Å². The summed E-state index contributed by atoms with van der Waals surface area (Å²) < 4.78 is 61.6. The summed E-state index contributed by atoms with van der Waals surface area (Å²) >= 11 is 0. The lowest BCUT2D eigenvalue weighted by atomic mass is 9.74. The molecule has 0 radical (unpaired) electrons. The first-order valence-corrected chi connectivity index (χ1v) is 10.0. The van der Waals surface area contributed by atoms with E-state index in [1.807, 2.05) is 19.9 Å². The molecule has 1 atom stereocenters. The molecule has 0 fully saturated rings. The summed E-state index contributed by atoms with van der Waals surface area (Å²) in [6.07, 6.45) is -3.91. The number of H-pyrrole nitrogens is 1. The number of hydrogen-bond acceptors (Lipinski definition) is 3. The third-order valence-corrected chi connectivity index (χ3v) is 5.81. The Balaban J connectivity index is 1.93. The summed E-state index contributed by atoms with van der Waals surface area (Å²) in [6, 6.07) is 5.68. The molecule has 1 aliphatic rings. The summed E-state index contributed by atoms with van der Waals surface area (Å²) in [5, 5.41) is 10.9. The van der Waals surface area contributed by atoms with Gasteiger partial charge in [-0.2, -0.15) is 13.2 Å². The van der Waals surface area contributed by atoms with Gasteiger partial charge in [0, 0.05) is 28.7 Å². The van der Waals surface area contributed by atoms with Crippen molar-refractivity contribution in [2.75, 3.05) is 13.7 Å². The number of aliphatic hydroxyl groups is 1. The van der Waals surface area contributed by atoms with Crippen LogP contribution in [0.25, 0.3) is 5.57 Å². The van der Waals surface area contributed by atoms with Gasteiger partial charge in [-0.1, -0.05) is 13.8 Å². The Morgan fingerprint density at radius 1 is 1.16 bits per heavy atom. The van der Waals surface area contributed by atoms with Crippen LogP contribution < -0.4 is 4.74 Å². The van der Waals surface area contributed by atoms with Gasteiger partial charge in [0.1, 0.15) is 11.6 Å². The Labute approximate surface area is 179 Å². The number of nitrogens with one attached hydrogen (secondary N) is 1. The maximum absolute atomic E-state index is 14.2. The van der Waals surface area contributed by atoms with Crippen LogP contribution >= 0.6 is 0 Å². The fourth-order valence-corrected chi connectivity index (χ4v) is 4.43. The topological polar surface area (TPSA) is 48.5 Å². The molecule has 0 saturated heterocycles. The van der Waals surface area contributed by atoms with Gasteiger partial charge >= 0.3 is 6.18 Å². The third-order valence-electron chi connectivity index (χ3n) is 5.81. The van der Waals surface area contributed by atoms with E-state index in [9.17, 15) is 22.7 Å². The van der Waals surface area contributed by atoms with Crippen LogP contribution in [0.2, 0.25) is 0 Å². The molecule has 170 valence electrons. The van der Waals surface area contributed by atoms with Gasteiger partial charge in [-0.05, 0) is 55.5 Å². The van der Waals surface area contributed by atoms with Crippen LogP contribution in [0.5, 0.6) is 5.75 Å². The molecule has 31 heavy (non-hydrogen) atoms. The molecule has 0 spiro atoms. The molecule has 0 bridgehead atoms. The molecule has 0 amide bonds. The van der Waals surface area contributed by atoms with Crippen LogP contribution in [-0.4, -0.2) is 40.4 Å². The SMILES string of the molecule is COc1ccc(F)cc1C(C)(C)CC(O)(CN1C=C(C)c2cc(C)[nH]c2C1)C(F)(F)F. The number of rotatable bonds is 6. The highest BCUT2D eigenvalue weighted by molar-refractivity contribution is 5.67. The Morgan fingerprint density at radius 2 is 1.84 bits per heavy atom. The van der Waals surface area contributed by atoms with Crippen molar-refractivity contribution in [2.24, 2.45) is 0 Å². The number of allylic oxidation sites excluding steroid dienone is 1. The van der Waals surface area contributed by atoms with Gasteiger partial charge in [0.2, 0.25) is 0 Å². The molecule has 4 nitrogen and oxygen atoms in total. The first-order valence-electron chi connectivity index (χ1n) is 10.0. The molecule has 2 heterocycles. The molecule has 1 aromatic carbocycles. The van der Waals surface area contributed by atoms with E-state index >= 15 is 0 Å². The first-order chi connectivity index (χ1) is 14.3. The van der Waals surface area contributed by atoms with Crippen molar-refractivity contribution in [3.05, 3.63) is 58.8 Å². The number of fused-ring (bicyclic) bond motifs is 1. The van der Waals surface area contributed by atoms with E-state index in [0.717, 1.165) is 28.6 Å². The summed E-state index contributed by atoms with van der Waals surface area (Å²) in [7, 11) is 1.38. The van der Waals surface area contributed by atoms with Crippen molar-refractivity contribution in [1.29, 1.82) is 0 Å². The molecular formula is C23H28F4N2O2. The number of alkyl halides is 3. The zero-order chi connectivity index (χ0) is 23.2. The number of aryl methyl sites for hydroxylation is 1. The second-order valence-electron chi connectivity index (χ2n) is 9.00. The van der Waals surface area contributed by atoms with Crippen LogP contribution in [0.15, 0.2) is 30.5 Å². The highest BCUT2D eigenvalue weighted by atomic mass is 19.4. The molecule has 1 aromatic heterocycles. The van der Waals surface area contributed by atoms with E-state index in [1.165, 1.54) is 24.1 Å². The van der Waals surface area contributed by atoms with Crippen molar-refractivity contribution in [3.63, 3.8) is 0 Å². The quantitative estimate of drug-likeness (QED) is 0.599. The van der Waals surface area contributed by atoms with E-state index < -0.39 is 36.0 Å². The molecule has 3 rings (SSSR count). The lowest BCUT2D eigenvalue weighted by molar-refractivity contribution is -0.270. The molecule has 2 N–H and O–H groups in total. The van der Waals surface area contributed by atoms with Crippen molar-refractivity contribution < 1.29 is 27.4 Å². The second kappa shape index (κ2) is 7.89. The second-order valence-corrected chi connectivity index (χ2v) is 9.00. The standard InChI is InChI=1S/C23H28F4N2O2/c1-14-10-29(11-19-17(14)8-15(2)28-19)13-22(30,23(25,26)27)12-21(3,4)18-9-16(24)6-7-20(18)31-5/h6-10,28,30H,11-13H2,1-5H3. The van der Waals surface area contributed by atoms with Gasteiger partial charge in [-0.3, -0.25) is 0 Å². The molecule has 1 aliphatic heterocycles. The maximum Gasteiger partial charge on any atom is 0.418 e. The number of aromatic amines is 1. The number of benzene rings is 1. The summed E-state index contributed by atoms with van der Waals surface area (Å²) in [5.41, 5.74) is -0.455. The van der Waals surface area contributed by atoms with Gasteiger partial charge in [-0.25, -0.2) is 4.39 Å². The average Bonchev–Trinajstić information content (AvgIpc) is 3.01. The number of hydrogen-bond donors (Lipinski definition) is 2. The predicted molar refractivity (Wildman–Crippen MR) is 111 cm³/mol. The zero-order valence-corrected chi connectivity index (χ0v) is 18.3. The minimum Gasteiger partial charge on any atom is -0.496 e. The van der Waals surface area contributed by atoms with Crippen LogP contribution in [0, 0.1) is 12.7 Å². The van der Waals surface area contributed by atoms with Gasteiger partial charge in [0.05, 0.1) is 20.2 Å². The fourth-order valence-electron chi connectivity index (χ4n) is 4.43. The number of aromatic nitrogens is 1. The monoisotopic (exact) mass is 440 g/mol. The van der Waals surface area contributed by atoms with Gasteiger partial charge < -0.3 is 19.7 Å². The van der Waals surface area contributed by atoms with Gasteiger partial charge in [0.25, 0.3) is 0 Å². The number of methoxy groups -OCH3 is 1. The summed E-state index contributed by atoms with van der Waals surface area (Å²) in [5.74, 6) is -0.306. The van der Waals surface area contributed by atoms with Crippen molar-refractivity contribution in [3.8, 4) is 5.75 Å². The highest BCUT2D eigenvalue weighted by Crippen LogP contribution is 2.44. The van der Waals surface area contributed by atoms with Gasteiger partial charge in [0.15, 0.2) is 5.60 Å². The van der Waals surface area contributed by atoms with E-state index in [4.69, 9.17) is 4.74 Å².